The highest BCUT2D eigenvalue weighted by Gasteiger charge is 2.37. The number of nitrogens with zero attached hydrogens (tertiary/aromatic N) is 9. The highest BCUT2D eigenvalue weighted by molar-refractivity contribution is 5.79. The van der Waals surface area contributed by atoms with Gasteiger partial charge in [-0.15, -0.1) is 5.10 Å². The van der Waals surface area contributed by atoms with Crippen molar-refractivity contribution in [2.45, 2.75) is 31.5 Å². The maximum absolute atomic E-state index is 11.4. The fourth-order valence-corrected chi connectivity index (χ4v) is 3.19. The second-order valence-electron chi connectivity index (χ2n) is 6.56. The summed E-state index contributed by atoms with van der Waals surface area (Å²) >= 11 is 0. The summed E-state index contributed by atoms with van der Waals surface area (Å²) in [4.78, 5) is 29.2. The van der Waals surface area contributed by atoms with Crippen molar-refractivity contribution in [3.63, 3.8) is 0 Å². The largest absolute Gasteiger partial charge is 0.486 e. The smallest absolute Gasteiger partial charge is 0.408 e. The van der Waals surface area contributed by atoms with E-state index < -0.39 is 18.1 Å². The Kier molecular flexibility index (Phi) is 5.19. The van der Waals surface area contributed by atoms with Gasteiger partial charge < -0.3 is 14.9 Å². The fourth-order valence-electron chi connectivity index (χ4n) is 3.19. The van der Waals surface area contributed by atoms with E-state index in [0.717, 1.165) is 4.90 Å². The van der Waals surface area contributed by atoms with Gasteiger partial charge in [0.25, 0.3) is 0 Å². The van der Waals surface area contributed by atoms with Gasteiger partial charge in [0.1, 0.15) is 30.4 Å². The third-order valence-corrected chi connectivity index (χ3v) is 4.68. The molecule has 30 heavy (non-hydrogen) atoms. The van der Waals surface area contributed by atoms with Crippen LogP contribution in [0.15, 0.2) is 30.9 Å². The zero-order valence-electron chi connectivity index (χ0n) is 15.5. The lowest BCUT2D eigenvalue weighted by Crippen LogP contribution is -2.50. The molecule has 2 unspecified atom stereocenters. The molecule has 0 bridgehead atoms. The molecule has 156 valence electrons. The molecule has 0 saturated carbocycles. The van der Waals surface area contributed by atoms with Crippen LogP contribution in [0, 0.1) is 0 Å². The van der Waals surface area contributed by atoms with Crippen molar-refractivity contribution in [1.82, 2.24) is 45.1 Å². The molecule has 0 aliphatic carbocycles. The SMILES string of the molecule is O=C(O)C1CC(n2ncc(COc3ccc(-n4cnnn4)nc3)n2)CCN1C(=O)O. The number of pyridine rings is 1. The summed E-state index contributed by atoms with van der Waals surface area (Å²) in [6.45, 7) is 0.242. The first-order valence-corrected chi connectivity index (χ1v) is 8.96. The van der Waals surface area contributed by atoms with E-state index in [9.17, 15) is 14.7 Å². The van der Waals surface area contributed by atoms with Gasteiger partial charge in [-0.05, 0) is 29.0 Å². The van der Waals surface area contributed by atoms with Crippen LogP contribution in [0.25, 0.3) is 5.82 Å². The summed E-state index contributed by atoms with van der Waals surface area (Å²) in [7, 11) is 0. The average molecular weight is 415 g/mol. The lowest BCUT2D eigenvalue weighted by molar-refractivity contribution is -0.144. The molecule has 3 aromatic rings. The van der Waals surface area contributed by atoms with E-state index in [1.54, 1.807) is 12.1 Å². The molecule has 14 heteroatoms. The minimum atomic E-state index is -1.25. The van der Waals surface area contributed by atoms with Crippen molar-refractivity contribution in [2.75, 3.05) is 6.54 Å². The van der Waals surface area contributed by atoms with Crippen LogP contribution in [0.2, 0.25) is 0 Å². The number of amides is 1. The van der Waals surface area contributed by atoms with Gasteiger partial charge in [-0.2, -0.15) is 19.7 Å². The minimum Gasteiger partial charge on any atom is -0.486 e. The molecule has 4 rings (SSSR count). The number of piperidine rings is 1. The second-order valence-corrected chi connectivity index (χ2v) is 6.56. The number of carboxylic acids is 1. The molecule has 14 nitrogen and oxygen atoms in total. The number of ether oxygens (including phenoxy) is 1. The Morgan fingerprint density at radius 2 is 2.10 bits per heavy atom. The minimum absolute atomic E-state index is 0.0964. The van der Waals surface area contributed by atoms with E-state index in [-0.39, 0.29) is 25.6 Å². The lowest BCUT2D eigenvalue weighted by atomic mass is 9.98. The van der Waals surface area contributed by atoms with Crippen molar-refractivity contribution < 1.29 is 24.5 Å². The first-order chi connectivity index (χ1) is 14.5. The number of carboxylic acid groups (broad SMARTS) is 2. The first-order valence-electron chi connectivity index (χ1n) is 8.96. The van der Waals surface area contributed by atoms with Gasteiger partial charge in [-0.1, -0.05) is 0 Å². The van der Waals surface area contributed by atoms with Crippen LogP contribution >= 0.6 is 0 Å². The maximum Gasteiger partial charge on any atom is 0.408 e. The Morgan fingerprint density at radius 3 is 2.77 bits per heavy atom. The number of rotatable bonds is 6. The predicted octanol–water partition coefficient (Wildman–Crippen LogP) is -0.00410. The zero-order valence-corrected chi connectivity index (χ0v) is 15.5. The monoisotopic (exact) mass is 415 g/mol. The van der Waals surface area contributed by atoms with Crippen molar-refractivity contribution >= 4 is 12.1 Å². The molecule has 0 spiro atoms. The number of aliphatic carboxylic acids is 1. The third-order valence-electron chi connectivity index (χ3n) is 4.68. The van der Waals surface area contributed by atoms with Gasteiger partial charge in [0.15, 0.2) is 5.82 Å². The molecule has 2 atom stereocenters. The third kappa shape index (κ3) is 4.01. The molecule has 3 aromatic heterocycles. The molecule has 1 aliphatic heterocycles. The molecule has 0 aromatic carbocycles. The summed E-state index contributed by atoms with van der Waals surface area (Å²) < 4.78 is 7.07. The maximum atomic E-state index is 11.4. The Hall–Kier alpha value is -4.10. The second kappa shape index (κ2) is 8.10. The number of likely N-dealkylation sites (tertiary alicyclic amines) is 1. The number of tetrazole rings is 1. The number of aromatic nitrogens is 8. The summed E-state index contributed by atoms with van der Waals surface area (Å²) in [5.74, 6) is -0.128. The molecule has 1 amide bonds. The van der Waals surface area contributed by atoms with Gasteiger partial charge in [-0.3, -0.25) is 4.90 Å². The number of hydrogen-bond donors (Lipinski definition) is 2. The van der Waals surface area contributed by atoms with E-state index in [4.69, 9.17) is 9.84 Å². The standard InChI is InChI=1S/C16H17N9O5/c26-15(27)13-5-11(3-4-23(13)16(28)29)25-19-6-10(20-25)8-30-12-1-2-14(17-7-12)24-9-18-21-22-24/h1-2,6-7,9,11,13H,3-5,8H2,(H,26,27)(H,28,29). The van der Waals surface area contributed by atoms with Gasteiger partial charge in [-0.25, -0.2) is 14.6 Å². The molecule has 0 radical (unpaired) electrons. The zero-order chi connectivity index (χ0) is 21.1. The number of carbonyl (C=O) groups is 2. The van der Waals surface area contributed by atoms with Crippen LogP contribution in [0.3, 0.4) is 0 Å². The Morgan fingerprint density at radius 1 is 1.23 bits per heavy atom. The summed E-state index contributed by atoms with van der Waals surface area (Å²) in [6, 6.07) is 1.97. The van der Waals surface area contributed by atoms with Gasteiger partial charge in [0.2, 0.25) is 0 Å². The Bertz CT molecular complexity index is 1020. The van der Waals surface area contributed by atoms with E-state index >= 15 is 0 Å². The van der Waals surface area contributed by atoms with Crippen molar-refractivity contribution in [3.05, 3.63) is 36.5 Å². The van der Waals surface area contributed by atoms with E-state index in [1.807, 2.05) is 0 Å². The lowest BCUT2D eigenvalue weighted by Gasteiger charge is -2.34. The van der Waals surface area contributed by atoms with Crippen molar-refractivity contribution in [1.29, 1.82) is 0 Å². The normalized spacial score (nSPS) is 18.9. The van der Waals surface area contributed by atoms with Crippen LogP contribution in [0.4, 0.5) is 4.79 Å². The molecule has 1 aliphatic rings. The molecule has 4 heterocycles. The van der Waals surface area contributed by atoms with E-state index in [1.165, 1.54) is 28.2 Å². The van der Waals surface area contributed by atoms with Gasteiger partial charge in [0.05, 0.1) is 18.4 Å². The topological polar surface area (TPSA) is 174 Å². The van der Waals surface area contributed by atoms with E-state index in [0.29, 0.717) is 23.7 Å². The predicted molar refractivity (Wildman–Crippen MR) is 95.7 cm³/mol. The molecular weight excluding hydrogens is 398 g/mol. The number of hydrogen-bond acceptors (Lipinski definition) is 9. The van der Waals surface area contributed by atoms with Crippen LogP contribution in [0.1, 0.15) is 24.6 Å². The van der Waals surface area contributed by atoms with Crippen molar-refractivity contribution in [2.24, 2.45) is 0 Å². The van der Waals surface area contributed by atoms with Crippen LogP contribution < -0.4 is 4.74 Å². The highest BCUT2D eigenvalue weighted by Crippen LogP contribution is 2.26. The first kappa shape index (κ1) is 19.2. The summed E-state index contributed by atoms with van der Waals surface area (Å²) in [5.41, 5.74) is 0.548. The van der Waals surface area contributed by atoms with Gasteiger partial charge in [0, 0.05) is 13.0 Å². The van der Waals surface area contributed by atoms with Gasteiger partial charge >= 0.3 is 12.1 Å². The molecular formula is C16H17N9O5. The van der Waals surface area contributed by atoms with E-state index in [2.05, 4.69) is 30.7 Å². The summed E-state index contributed by atoms with van der Waals surface area (Å²) in [6.07, 6.45) is 3.76. The summed E-state index contributed by atoms with van der Waals surface area (Å²) in [5, 5.41) is 37.8. The average Bonchev–Trinajstić information content (AvgIpc) is 3.44. The van der Waals surface area contributed by atoms with Crippen LogP contribution in [-0.4, -0.2) is 79.9 Å². The quantitative estimate of drug-likeness (QED) is 0.554. The van der Waals surface area contributed by atoms with Crippen LogP contribution in [-0.2, 0) is 11.4 Å². The molecule has 2 N–H and O–H groups in total. The van der Waals surface area contributed by atoms with Crippen LogP contribution in [0.5, 0.6) is 5.75 Å². The Balaban J connectivity index is 1.36. The Labute approximate surface area is 168 Å². The van der Waals surface area contributed by atoms with Crippen molar-refractivity contribution in [3.8, 4) is 11.6 Å². The fraction of sp³-hybridized carbons (Fsp3) is 0.375. The molecule has 1 fully saturated rings. The molecule has 1 saturated heterocycles. The highest BCUT2D eigenvalue weighted by atomic mass is 16.5.